The third kappa shape index (κ3) is 3.91. The van der Waals surface area contributed by atoms with Crippen LogP contribution in [-0.2, 0) is 9.53 Å². The maximum Gasteiger partial charge on any atom is 0.311 e. The Morgan fingerprint density at radius 2 is 2.00 bits per heavy atom. The second-order valence-corrected chi connectivity index (χ2v) is 4.10. The molecular weight excluding hydrogens is 260 g/mol. The fourth-order valence-corrected chi connectivity index (χ4v) is 1.29. The fourth-order valence-electron chi connectivity index (χ4n) is 1.02. The summed E-state index contributed by atoms with van der Waals surface area (Å²) in [6.07, 6.45) is 0. The van der Waals surface area contributed by atoms with Crippen molar-refractivity contribution >= 4 is 21.9 Å². The van der Waals surface area contributed by atoms with Crippen molar-refractivity contribution in [3.63, 3.8) is 0 Å². The lowest BCUT2D eigenvalue weighted by Gasteiger charge is -2.10. The minimum atomic E-state index is -0.257. The Kier molecular flexibility index (Phi) is 4.62. The van der Waals surface area contributed by atoms with Crippen LogP contribution >= 0.6 is 15.9 Å². The topological polar surface area (TPSA) is 35.5 Å². The second kappa shape index (κ2) is 5.75. The summed E-state index contributed by atoms with van der Waals surface area (Å²) in [7, 11) is 1.37. The van der Waals surface area contributed by atoms with Crippen LogP contribution in [0.25, 0.3) is 0 Å². The van der Waals surface area contributed by atoms with Crippen molar-refractivity contribution in [3.8, 4) is 5.75 Å². The summed E-state index contributed by atoms with van der Waals surface area (Å²) < 4.78 is 11.0. The molecule has 0 radical (unpaired) electrons. The lowest BCUT2D eigenvalue weighted by molar-refractivity contribution is -0.145. The minimum absolute atomic E-state index is 0.251. The molecular formula is C11H13BrO3. The van der Waals surface area contributed by atoms with Crippen LogP contribution in [0.1, 0.15) is 6.92 Å². The van der Waals surface area contributed by atoms with Gasteiger partial charge in [0.1, 0.15) is 12.4 Å². The van der Waals surface area contributed by atoms with Crippen LogP contribution in [0, 0.1) is 5.92 Å². The first-order valence-corrected chi connectivity index (χ1v) is 5.39. The first-order chi connectivity index (χ1) is 7.13. The largest absolute Gasteiger partial charge is 0.493 e. The van der Waals surface area contributed by atoms with Crippen LogP contribution in [0.2, 0.25) is 0 Å². The average molecular weight is 273 g/mol. The molecule has 1 aromatic rings. The highest BCUT2D eigenvalue weighted by Gasteiger charge is 2.13. The maximum absolute atomic E-state index is 11.1. The van der Waals surface area contributed by atoms with E-state index in [2.05, 4.69) is 20.7 Å². The molecule has 0 saturated carbocycles. The van der Waals surface area contributed by atoms with Crippen molar-refractivity contribution < 1.29 is 14.3 Å². The van der Waals surface area contributed by atoms with E-state index < -0.39 is 0 Å². The highest BCUT2D eigenvalue weighted by atomic mass is 79.9. The van der Waals surface area contributed by atoms with Crippen LogP contribution < -0.4 is 4.74 Å². The van der Waals surface area contributed by atoms with Crippen LogP contribution in [0.4, 0.5) is 0 Å². The van der Waals surface area contributed by atoms with Gasteiger partial charge in [-0.15, -0.1) is 0 Å². The molecule has 0 spiro atoms. The van der Waals surface area contributed by atoms with Crippen molar-refractivity contribution in [2.45, 2.75) is 6.92 Å². The van der Waals surface area contributed by atoms with Gasteiger partial charge in [0.05, 0.1) is 13.0 Å². The smallest absolute Gasteiger partial charge is 0.311 e. The highest BCUT2D eigenvalue weighted by Crippen LogP contribution is 2.16. The van der Waals surface area contributed by atoms with Gasteiger partial charge < -0.3 is 9.47 Å². The number of ether oxygens (including phenoxy) is 2. The molecule has 0 N–H and O–H groups in total. The Morgan fingerprint density at radius 3 is 2.53 bits per heavy atom. The first kappa shape index (κ1) is 12.0. The molecule has 0 amide bonds. The zero-order chi connectivity index (χ0) is 11.3. The highest BCUT2D eigenvalue weighted by molar-refractivity contribution is 9.10. The molecule has 1 rings (SSSR count). The summed E-state index contributed by atoms with van der Waals surface area (Å²) in [6, 6.07) is 7.46. The van der Waals surface area contributed by atoms with Gasteiger partial charge in [-0.1, -0.05) is 15.9 Å². The number of benzene rings is 1. The number of rotatable bonds is 4. The quantitative estimate of drug-likeness (QED) is 0.791. The molecule has 3 nitrogen and oxygen atoms in total. The lowest BCUT2D eigenvalue weighted by Crippen LogP contribution is -2.19. The van der Waals surface area contributed by atoms with E-state index in [1.54, 1.807) is 6.92 Å². The van der Waals surface area contributed by atoms with Crippen LogP contribution in [0.5, 0.6) is 5.75 Å². The summed E-state index contributed by atoms with van der Waals surface area (Å²) >= 11 is 3.33. The van der Waals surface area contributed by atoms with E-state index in [9.17, 15) is 4.79 Å². The molecule has 0 aromatic heterocycles. The Bertz CT molecular complexity index is 321. The van der Waals surface area contributed by atoms with Gasteiger partial charge in [0.2, 0.25) is 0 Å². The molecule has 4 heteroatoms. The summed E-state index contributed by atoms with van der Waals surface area (Å²) in [6.45, 7) is 2.10. The fraction of sp³-hybridized carbons (Fsp3) is 0.364. The number of halogens is 1. The zero-order valence-electron chi connectivity index (χ0n) is 8.70. The Labute approximate surface area is 97.5 Å². The molecule has 0 aliphatic heterocycles. The third-order valence-electron chi connectivity index (χ3n) is 1.92. The normalized spacial score (nSPS) is 11.9. The number of esters is 1. The van der Waals surface area contributed by atoms with Gasteiger partial charge in [-0.25, -0.2) is 0 Å². The van der Waals surface area contributed by atoms with Gasteiger partial charge in [-0.2, -0.15) is 0 Å². The van der Waals surface area contributed by atoms with Crippen molar-refractivity contribution in [2.24, 2.45) is 5.92 Å². The Hall–Kier alpha value is -1.03. The van der Waals surface area contributed by atoms with Crippen molar-refractivity contribution in [1.29, 1.82) is 0 Å². The molecule has 0 bridgehead atoms. The summed E-state index contributed by atoms with van der Waals surface area (Å²) in [5.74, 6) is 0.236. The molecule has 0 unspecified atom stereocenters. The number of carbonyl (C=O) groups is 1. The summed E-state index contributed by atoms with van der Waals surface area (Å²) in [5.41, 5.74) is 0. The van der Waals surface area contributed by atoms with E-state index >= 15 is 0 Å². The number of carbonyl (C=O) groups excluding carboxylic acids is 1. The van der Waals surface area contributed by atoms with Gasteiger partial charge in [0, 0.05) is 4.47 Å². The lowest BCUT2D eigenvalue weighted by atomic mass is 10.2. The first-order valence-electron chi connectivity index (χ1n) is 4.59. The van der Waals surface area contributed by atoms with Crippen LogP contribution in [-0.4, -0.2) is 19.7 Å². The van der Waals surface area contributed by atoms with E-state index in [-0.39, 0.29) is 11.9 Å². The van der Waals surface area contributed by atoms with Crippen molar-refractivity contribution in [3.05, 3.63) is 28.7 Å². The number of hydrogen-bond acceptors (Lipinski definition) is 3. The predicted octanol–water partition coefficient (Wildman–Crippen LogP) is 2.64. The van der Waals surface area contributed by atoms with Crippen molar-refractivity contribution in [2.75, 3.05) is 13.7 Å². The molecule has 0 aliphatic carbocycles. The van der Waals surface area contributed by atoms with Crippen LogP contribution in [0.15, 0.2) is 28.7 Å². The van der Waals surface area contributed by atoms with E-state index in [1.807, 2.05) is 24.3 Å². The standard InChI is InChI=1S/C11H13BrO3/c1-8(11(13)14-2)7-15-10-5-3-9(12)4-6-10/h3-6,8H,7H2,1-2H3/t8-/m0/s1. The van der Waals surface area contributed by atoms with Crippen LogP contribution in [0.3, 0.4) is 0 Å². The van der Waals surface area contributed by atoms with E-state index in [1.165, 1.54) is 7.11 Å². The molecule has 82 valence electrons. The average Bonchev–Trinajstić information content (AvgIpc) is 2.26. The Balaban J connectivity index is 2.43. The SMILES string of the molecule is COC(=O)[C@@H](C)COc1ccc(Br)cc1. The summed E-state index contributed by atoms with van der Waals surface area (Å²) in [5, 5.41) is 0. The van der Waals surface area contributed by atoms with Gasteiger partial charge in [0.15, 0.2) is 0 Å². The monoisotopic (exact) mass is 272 g/mol. The maximum atomic E-state index is 11.1. The number of methoxy groups -OCH3 is 1. The molecule has 0 heterocycles. The predicted molar refractivity (Wildman–Crippen MR) is 60.8 cm³/mol. The Morgan fingerprint density at radius 1 is 1.40 bits per heavy atom. The van der Waals surface area contributed by atoms with E-state index in [4.69, 9.17) is 4.74 Å². The molecule has 0 saturated heterocycles. The molecule has 1 aromatic carbocycles. The number of hydrogen-bond donors (Lipinski definition) is 0. The van der Waals surface area contributed by atoms with Gasteiger partial charge >= 0.3 is 5.97 Å². The molecule has 15 heavy (non-hydrogen) atoms. The van der Waals surface area contributed by atoms with Gasteiger partial charge in [0.25, 0.3) is 0 Å². The molecule has 0 fully saturated rings. The summed E-state index contributed by atoms with van der Waals surface area (Å²) in [4.78, 5) is 11.1. The molecule has 0 aliphatic rings. The third-order valence-corrected chi connectivity index (χ3v) is 2.45. The van der Waals surface area contributed by atoms with Gasteiger partial charge in [-0.3, -0.25) is 4.79 Å². The minimum Gasteiger partial charge on any atom is -0.493 e. The van der Waals surface area contributed by atoms with Crippen molar-refractivity contribution in [1.82, 2.24) is 0 Å². The van der Waals surface area contributed by atoms with Gasteiger partial charge in [-0.05, 0) is 31.2 Å². The molecule has 1 atom stereocenters. The van der Waals surface area contributed by atoms with E-state index in [0.717, 1.165) is 10.2 Å². The second-order valence-electron chi connectivity index (χ2n) is 3.19. The van der Waals surface area contributed by atoms with E-state index in [0.29, 0.717) is 6.61 Å². The zero-order valence-corrected chi connectivity index (χ0v) is 10.3.